The zero-order chi connectivity index (χ0) is 22.4. The molecule has 0 aromatic heterocycles. The Balaban J connectivity index is 1.65. The van der Waals surface area contributed by atoms with E-state index in [9.17, 15) is 19.7 Å². The van der Waals surface area contributed by atoms with Crippen LogP contribution in [-0.2, 0) is 4.79 Å². The van der Waals surface area contributed by atoms with Gasteiger partial charge in [-0.05, 0) is 49.7 Å². The lowest BCUT2D eigenvalue weighted by Gasteiger charge is -2.14. The Bertz CT molecular complexity index is 1130. The average molecular weight is 436 g/mol. The number of aryl methyl sites for hydroxylation is 1. The Kier molecular flexibility index (Phi) is 7.04. The number of anilines is 2. The minimum Gasteiger partial charge on any atom is -0.325 e. The van der Waals surface area contributed by atoms with Crippen molar-refractivity contribution < 1.29 is 14.5 Å². The molecule has 31 heavy (non-hydrogen) atoms. The molecule has 0 radical (unpaired) electrons. The molecule has 7 nitrogen and oxygen atoms in total. The van der Waals surface area contributed by atoms with Gasteiger partial charge in [0.05, 0.1) is 10.2 Å². The normalized spacial score (nSPS) is 11.4. The van der Waals surface area contributed by atoms with Gasteiger partial charge in [-0.3, -0.25) is 19.7 Å². The first-order valence-electron chi connectivity index (χ1n) is 9.52. The van der Waals surface area contributed by atoms with Crippen LogP contribution in [-0.4, -0.2) is 22.0 Å². The largest absolute Gasteiger partial charge is 0.325 e. The standard InChI is InChI=1S/C23H21N3O4S/c1-15-7-3-4-12-21(15)25-22(27)16(2)31-20-11-6-9-18(14-20)24-23(28)17-8-5-10-19(13-17)26(29)30/h3-14,16H,1-2H3,(H,24,28)(H,25,27). The molecule has 0 aliphatic heterocycles. The first kappa shape index (κ1) is 22.0. The molecule has 0 heterocycles. The summed E-state index contributed by atoms with van der Waals surface area (Å²) < 4.78 is 0. The summed E-state index contributed by atoms with van der Waals surface area (Å²) >= 11 is 1.37. The van der Waals surface area contributed by atoms with Crippen LogP contribution in [0.5, 0.6) is 0 Å². The number of nitro groups is 1. The third kappa shape index (κ3) is 5.93. The fourth-order valence-electron chi connectivity index (χ4n) is 2.82. The Hall–Kier alpha value is -3.65. The molecule has 3 aromatic rings. The highest BCUT2D eigenvalue weighted by Crippen LogP contribution is 2.27. The van der Waals surface area contributed by atoms with Crippen LogP contribution in [0.2, 0.25) is 0 Å². The number of hydrogen-bond donors (Lipinski definition) is 2. The lowest BCUT2D eigenvalue weighted by molar-refractivity contribution is -0.384. The van der Waals surface area contributed by atoms with E-state index in [1.54, 1.807) is 18.2 Å². The number of carbonyl (C=O) groups is 2. The van der Waals surface area contributed by atoms with Crippen molar-refractivity contribution in [2.24, 2.45) is 0 Å². The number of nitrogens with one attached hydrogen (secondary N) is 2. The quantitative estimate of drug-likeness (QED) is 0.299. The van der Waals surface area contributed by atoms with Gasteiger partial charge in [0.15, 0.2) is 0 Å². The Morgan fingerprint density at radius 3 is 2.45 bits per heavy atom. The summed E-state index contributed by atoms with van der Waals surface area (Å²) in [7, 11) is 0. The van der Waals surface area contributed by atoms with Crippen LogP contribution < -0.4 is 10.6 Å². The molecule has 0 saturated carbocycles. The highest BCUT2D eigenvalue weighted by Gasteiger charge is 2.16. The predicted octanol–water partition coefficient (Wildman–Crippen LogP) is 5.27. The number of nitro benzene ring substituents is 1. The van der Waals surface area contributed by atoms with Gasteiger partial charge in [0, 0.05) is 34.0 Å². The van der Waals surface area contributed by atoms with Crippen LogP contribution in [0, 0.1) is 17.0 Å². The van der Waals surface area contributed by atoms with Crippen molar-refractivity contribution in [2.75, 3.05) is 10.6 Å². The van der Waals surface area contributed by atoms with E-state index in [0.29, 0.717) is 5.69 Å². The van der Waals surface area contributed by atoms with Crippen molar-refractivity contribution in [3.05, 3.63) is 94.0 Å². The third-order valence-electron chi connectivity index (χ3n) is 4.50. The van der Waals surface area contributed by atoms with Crippen molar-refractivity contribution in [1.29, 1.82) is 0 Å². The van der Waals surface area contributed by atoms with Gasteiger partial charge in [0.1, 0.15) is 0 Å². The number of rotatable bonds is 7. The molecule has 0 aliphatic rings. The number of amides is 2. The molecule has 0 saturated heterocycles. The van der Waals surface area contributed by atoms with Crippen molar-refractivity contribution in [1.82, 2.24) is 0 Å². The van der Waals surface area contributed by atoms with Gasteiger partial charge < -0.3 is 10.6 Å². The maximum Gasteiger partial charge on any atom is 0.270 e. The third-order valence-corrected chi connectivity index (χ3v) is 5.59. The molecule has 1 atom stereocenters. The molecule has 8 heteroatoms. The fourth-order valence-corrected chi connectivity index (χ4v) is 3.74. The second-order valence-corrected chi connectivity index (χ2v) is 8.27. The maximum absolute atomic E-state index is 12.5. The summed E-state index contributed by atoms with van der Waals surface area (Å²) in [6.07, 6.45) is 0. The van der Waals surface area contributed by atoms with Crippen LogP contribution in [0.3, 0.4) is 0 Å². The van der Waals surface area contributed by atoms with E-state index in [1.165, 1.54) is 36.0 Å². The summed E-state index contributed by atoms with van der Waals surface area (Å²) in [5, 5.41) is 16.2. The van der Waals surface area contributed by atoms with Crippen LogP contribution in [0.1, 0.15) is 22.8 Å². The van der Waals surface area contributed by atoms with E-state index in [0.717, 1.165) is 16.1 Å². The molecule has 0 spiro atoms. The molecule has 3 aromatic carbocycles. The van der Waals surface area contributed by atoms with Crippen molar-refractivity contribution in [3.63, 3.8) is 0 Å². The van der Waals surface area contributed by atoms with Gasteiger partial charge in [0.2, 0.25) is 5.91 Å². The first-order chi connectivity index (χ1) is 14.8. The Morgan fingerprint density at radius 2 is 1.71 bits per heavy atom. The molecule has 0 aliphatic carbocycles. The summed E-state index contributed by atoms with van der Waals surface area (Å²) in [6, 6.07) is 20.2. The number of non-ortho nitro benzene ring substituents is 1. The van der Waals surface area contributed by atoms with Crippen LogP contribution in [0.4, 0.5) is 17.1 Å². The average Bonchev–Trinajstić information content (AvgIpc) is 2.75. The van der Waals surface area contributed by atoms with Crippen LogP contribution >= 0.6 is 11.8 Å². The summed E-state index contributed by atoms with van der Waals surface area (Å²) in [6.45, 7) is 3.74. The van der Waals surface area contributed by atoms with E-state index >= 15 is 0 Å². The monoisotopic (exact) mass is 435 g/mol. The topological polar surface area (TPSA) is 101 Å². The number of para-hydroxylation sites is 1. The van der Waals surface area contributed by atoms with Gasteiger partial charge in [-0.15, -0.1) is 11.8 Å². The number of hydrogen-bond acceptors (Lipinski definition) is 5. The number of thioether (sulfide) groups is 1. The Labute approximate surface area is 184 Å². The highest BCUT2D eigenvalue weighted by molar-refractivity contribution is 8.00. The van der Waals surface area contributed by atoms with E-state index < -0.39 is 10.8 Å². The molecular formula is C23H21N3O4S. The van der Waals surface area contributed by atoms with Crippen molar-refractivity contribution in [3.8, 4) is 0 Å². The fraction of sp³-hybridized carbons (Fsp3) is 0.130. The molecule has 2 amide bonds. The number of nitrogens with zero attached hydrogens (tertiary/aromatic N) is 1. The zero-order valence-electron chi connectivity index (χ0n) is 17.0. The summed E-state index contributed by atoms with van der Waals surface area (Å²) in [5.74, 6) is -0.568. The van der Waals surface area contributed by atoms with E-state index in [2.05, 4.69) is 10.6 Å². The van der Waals surface area contributed by atoms with E-state index in [4.69, 9.17) is 0 Å². The van der Waals surface area contributed by atoms with E-state index in [-0.39, 0.29) is 22.4 Å². The number of carbonyl (C=O) groups excluding carboxylic acids is 2. The molecule has 0 fully saturated rings. The molecule has 2 N–H and O–H groups in total. The molecule has 1 unspecified atom stereocenters. The maximum atomic E-state index is 12.5. The van der Waals surface area contributed by atoms with Gasteiger partial charge in [-0.1, -0.05) is 30.3 Å². The smallest absolute Gasteiger partial charge is 0.270 e. The molecule has 158 valence electrons. The predicted molar refractivity (Wildman–Crippen MR) is 123 cm³/mol. The lowest BCUT2D eigenvalue weighted by atomic mass is 10.2. The summed E-state index contributed by atoms with van der Waals surface area (Å²) in [5.41, 5.74) is 2.34. The van der Waals surface area contributed by atoms with Gasteiger partial charge in [-0.25, -0.2) is 0 Å². The second kappa shape index (κ2) is 9.90. The van der Waals surface area contributed by atoms with Gasteiger partial charge in [-0.2, -0.15) is 0 Å². The second-order valence-electron chi connectivity index (χ2n) is 6.85. The zero-order valence-corrected chi connectivity index (χ0v) is 17.8. The Morgan fingerprint density at radius 1 is 0.968 bits per heavy atom. The minimum atomic E-state index is -0.544. The van der Waals surface area contributed by atoms with Gasteiger partial charge >= 0.3 is 0 Å². The minimum absolute atomic E-state index is 0.120. The SMILES string of the molecule is Cc1ccccc1NC(=O)C(C)Sc1cccc(NC(=O)c2cccc([N+](=O)[O-])c2)c1. The number of benzene rings is 3. The summed E-state index contributed by atoms with van der Waals surface area (Å²) in [4.78, 5) is 36.2. The van der Waals surface area contributed by atoms with Crippen LogP contribution in [0.25, 0.3) is 0 Å². The van der Waals surface area contributed by atoms with Crippen LogP contribution in [0.15, 0.2) is 77.7 Å². The molecule has 0 bridgehead atoms. The van der Waals surface area contributed by atoms with Gasteiger partial charge in [0.25, 0.3) is 11.6 Å². The van der Waals surface area contributed by atoms with E-state index in [1.807, 2.05) is 44.2 Å². The van der Waals surface area contributed by atoms with Crippen molar-refractivity contribution in [2.45, 2.75) is 24.0 Å². The highest BCUT2D eigenvalue weighted by atomic mass is 32.2. The lowest BCUT2D eigenvalue weighted by Crippen LogP contribution is -2.22. The molecular weight excluding hydrogens is 414 g/mol. The molecule has 3 rings (SSSR count). The van der Waals surface area contributed by atoms with Crippen molar-refractivity contribution >= 4 is 40.6 Å². The first-order valence-corrected chi connectivity index (χ1v) is 10.4.